The number of hydrogen-bond donors (Lipinski definition) is 2. The van der Waals surface area contributed by atoms with Crippen LogP contribution in [0.15, 0.2) is 64.3 Å². The van der Waals surface area contributed by atoms with Crippen LogP contribution in [-0.4, -0.2) is 37.3 Å². The van der Waals surface area contributed by atoms with Gasteiger partial charge in [0.2, 0.25) is 0 Å². The lowest BCUT2D eigenvalue weighted by Crippen LogP contribution is -2.35. The first kappa shape index (κ1) is 26.2. The molecule has 3 aromatic rings. The summed E-state index contributed by atoms with van der Waals surface area (Å²) in [6.07, 6.45) is -3.45. The quantitative estimate of drug-likeness (QED) is 0.508. The van der Waals surface area contributed by atoms with Crippen LogP contribution in [0.5, 0.6) is 0 Å². The molecule has 0 radical (unpaired) electrons. The number of carbonyl (C=O) groups is 1. The van der Waals surface area contributed by atoms with Crippen LogP contribution in [0.4, 0.5) is 18.9 Å². The Morgan fingerprint density at radius 3 is 2.31 bits per heavy atom. The standard InChI is InChI=1S/C24H23F3N2O5S/c1-15-17(10-11-30)12-21(22(31)28-15)23(32)29(19-5-3-4-18(13-19)24(25,26)27)14-16-6-8-20(9-7-16)35(2,33)34/h3-9,12-13,30H,10-11,14H2,1-2H3,(H,28,31). The first-order chi connectivity index (χ1) is 16.3. The lowest BCUT2D eigenvalue weighted by Gasteiger charge is -2.24. The number of carbonyl (C=O) groups excluding carboxylic acids is 1. The maximum atomic E-state index is 13.5. The second-order valence-corrected chi connectivity index (χ2v) is 10.0. The summed E-state index contributed by atoms with van der Waals surface area (Å²) in [5, 5.41) is 9.27. The summed E-state index contributed by atoms with van der Waals surface area (Å²) in [6, 6.07) is 11.0. The van der Waals surface area contributed by atoms with Crippen LogP contribution < -0.4 is 10.5 Å². The smallest absolute Gasteiger partial charge is 0.396 e. The van der Waals surface area contributed by atoms with Crippen molar-refractivity contribution in [2.75, 3.05) is 17.8 Å². The van der Waals surface area contributed by atoms with Gasteiger partial charge in [0, 0.05) is 24.2 Å². The molecule has 11 heteroatoms. The maximum Gasteiger partial charge on any atom is 0.416 e. The van der Waals surface area contributed by atoms with Crippen LogP contribution in [0.3, 0.4) is 0 Å². The van der Waals surface area contributed by atoms with Gasteiger partial charge in [-0.25, -0.2) is 8.42 Å². The van der Waals surface area contributed by atoms with Gasteiger partial charge in [-0.3, -0.25) is 9.59 Å². The number of aryl methyl sites for hydroxylation is 1. The van der Waals surface area contributed by atoms with E-state index in [-0.39, 0.29) is 35.7 Å². The fraction of sp³-hybridized carbons (Fsp3) is 0.250. The summed E-state index contributed by atoms with van der Waals surface area (Å²) in [6.45, 7) is 1.14. The molecule has 3 rings (SSSR count). The number of pyridine rings is 1. The number of rotatable bonds is 7. The summed E-state index contributed by atoms with van der Waals surface area (Å²) in [4.78, 5) is 29.7. The Bertz CT molecular complexity index is 1400. The molecule has 0 aliphatic rings. The van der Waals surface area contributed by atoms with Crippen LogP contribution in [0, 0.1) is 6.92 Å². The van der Waals surface area contributed by atoms with Crippen LogP contribution >= 0.6 is 0 Å². The highest BCUT2D eigenvalue weighted by Gasteiger charge is 2.32. The van der Waals surface area contributed by atoms with E-state index in [0.29, 0.717) is 16.8 Å². The molecule has 1 aromatic heterocycles. The summed E-state index contributed by atoms with van der Waals surface area (Å²) in [5.74, 6) is -0.850. The van der Waals surface area contributed by atoms with Crippen molar-refractivity contribution in [1.29, 1.82) is 0 Å². The monoisotopic (exact) mass is 508 g/mol. The topological polar surface area (TPSA) is 108 Å². The first-order valence-corrected chi connectivity index (χ1v) is 12.3. The predicted molar refractivity (Wildman–Crippen MR) is 124 cm³/mol. The van der Waals surface area contributed by atoms with E-state index >= 15 is 0 Å². The zero-order chi connectivity index (χ0) is 26.0. The Morgan fingerprint density at radius 1 is 1.09 bits per heavy atom. The SMILES string of the molecule is Cc1[nH]c(=O)c(C(=O)N(Cc2ccc(S(C)(=O)=O)cc2)c2cccc(C(F)(F)F)c2)cc1CCO. The summed E-state index contributed by atoms with van der Waals surface area (Å²) < 4.78 is 63.5. The Balaban J connectivity index is 2.11. The minimum atomic E-state index is -4.66. The number of halogens is 3. The van der Waals surface area contributed by atoms with E-state index in [1.807, 2.05) is 0 Å². The number of alkyl halides is 3. The van der Waals surface area contributed by atoms with Crippen LogP contribution in [0.1, 0.15) is 32.7 Å². The number of aromatic nitrogens is 1. The van der Waals surface area contributed by atoms with Gasteiger partial charge in [-0.2, -0.15) is 13.2 Å². The van der Waals surface area contributed by atoms with Crippen molar-refractivity contribution in [3.8, 4) is 0 Å². The molecular formula is C24H23F3N2O5S. The van der Waals surface area contributed by atoms with Gasteiger partial charge in [0.15, 0.2) is 9.84 Å². The third kappa shape index (κ3) is 6.17. The third-order valence-electron chi connectivity index (χ3n) is 5.38. The molecule has 0 bridgehead atoms. The second-order valence-electron chi connectivity index (χ2n) is 7.99. The number of aliphatic hydroxyl groups is 1. The minimum Gasteiger partial charge on any atom is -0.396 e. The highest BCUT2D eigenvalue weighted by Crippen LogP contribution is 2.32. The summed E-state index contributed by atoms with van der Waals surface area (Å²) in [5.41, 5.74) is -0.690. The molecule has 0 fully saturated rings. The molecule has 2 N–H and O–H groups in total. The lowest BCUT2D eigenvalue weighted by molar-refractivity contribution is -0.137. The summed E-state index contributed by atoms with van der Waals surface area (Å²) >= 11 is 0. The molecule has 1 heterocycles. The Hall–Kier alpha value is -3.44. The van der Waals surface area contributed by atoms with Gasteiger partial charge in [-0.15, -0.1) is 0 Å². The maximum absolute atomic E-state index is 13.5. The third-order valence-corrected chi connectivity index (χ3v) is 6.51. The van der Waals surface area contributed by atoms with Crippen molar-refractivity contribution in [3.05, 3.63) is 92.9 Å². The molecule has 0 saturated carbocycles. The van der Waals surface area contributed by atoms with E-state index < -0.39 is 33.0 Å². The Labute approximate surface area is 199 Å². The Kier molecular flexibility index (Phi) is 7.51. The van der Waals surface area contributed by atoms with Crippen molar-refractivity contribution in [1.82, 2.24) is 4.98 Å². The van der Waals surface area contributed by atoms with Gasteiger partial charge in [0.25, 0.3) is 11.5 Å². The number of aliphatic hydroxyl groups excluding tert-OH is 1. The molecule has 0 spiro atoms. The van der Waals surface area contributed by atoms with Crippen LogP contribution in [0.2, 0.25) is 0 Å². The van der Waals surface area contributed by atoms with Gasteiger partial charge in [0.05, 0.1) is 17.0 Å². The second kappa shape index (κ2) is 10.0. The average molecular weight is 509 g/mol. The number of H-pyrrole nitrogens is 1. The average Bonchev–Trinajstić information content (AvgIpc) is 2.78. The van der Waals surface area contributed by atoms with E-state index in [0.717, 1.165) is 29.4 Å². The van der Waals surface area contributed by atoms with E-state index in [1.165, 1.54) is 36.4 Å². The molecule has 7 nitrogen and oxygen atoms in total. The summed E-state index contributed by atoms with van der Waals surface area (Å²) in [7, 11) is -3.47. The lowest BCUT2D eigenvalue weighted by atomic mass is 10.1. The van der Waals surface area contributed by atoms with Crippen LogP contribution in [0.25, 0.3) is 0 Å². The number of anilines is 1. The van der Waals surface area contributed by atoms with Crippen molar-refractivity contribution in [2.24, 2.45) is 0 Å². The van der Waals surface area contributed by atoms with Crippen LogP contribution in [-0.2, 0) is 29.0 Å². The predicted octanol–water partition coefficient (Wildman–Crippen LogP) is 3.49. The number of nitrogens with one attached hydrogen (secondary N) is 1. The molecular weight excluding hydrogens is 485 g/mol. The van der Waals surface area contributed by atoms with E-state index in [9.17, 15) is 36.3 Å². The first-order valence-electron chi connectivity index (χ1n) is 10.4. The zero-order valence-corrected chi connectivity index (χ0v) is 19.7. The van der Waals surface area contributed by atoms with E-state index in [2.05, 4.69) is 4.98 Å². The number of nitrogens with zero attached hydrogens (tertiary/aromatic N) is 1. The van der Waals surface area contributed by atoms with Crippen molar-refractivity contribution in [3.63, 3.8) is 0 Å². The van der Waals surface area contributed by atoms with E-state index in [4.69, 9.17) is 0 Å². The normalized spacial score (nSPS) is 11.9. The highest BCUT2D eigenvalue weighted by molar-refractivity contribution is 7.90. The molecule has 2 aromatic carbocycles. The molecule has 186 valence electrons. The Morgan fingerprint density at radius 2 is 1.74 bits per heavy atom. The zero-order valence-electron chi connectivity index (χ0n) is 18.9. The minimum absolute atomic E-state index is 0.0434. The molecule has 0 unspecified atom stereocenters. The van der Waals surface area contributed by atoms with E-state index in [1.54, 1.807) is 6.92 Å². The molecule has 1 amide bonds. The van der Waals surface area contributed by atoms with Crippen molar-refractivity contribution in [2.45, 2.75) is 31.0 Å². The molecule has 0 atom stereocenters. The highest BCUT2D eigenvalue weighted by atomic mass is 32.2. The van der Waals surface area contributed by atoms with Crippen molar-refractivity contribution >= 4 is 21.4 Å². The number of benzene rings is 2. The fourth-order valence-corrected chi connectivity index (χ4v) is 4.14. The van der Waals surface area contributed by atoms with Gasteiger partial charge >= 0.3 is 6.18 Å². The largest absolute Gasteiger partial charge is 0.416 e. The molecule has 0 aliphatic heterocycles. The fourth-order valence-electron chi connectivity index (χ4n) is 3.51. The molecule has 0 aliphatic carbocycles. The number of hydrogen-bond acceptors (Lipinski definition) is 5. The number of sulfone groups is 1. The molecule has 0 saturated heterocycles. The van der Waals surface area contributed by atoms with Gasteiger partial charge in [0.1, 0.15) is 5.56 Å². The van der Waals surface area contributed by atoms with Gasteiger partial charge in [-0.1, -0.05) is 18.2 Å². The number of amides is 1. The van der Waals surface area contributed by atoms with Gasteiger partial charge < -0.3 is 15.0 Å². The number of aromatic amines is 1. The molecule has 35 heavy (non-hydrogen) atoms. The van der Waals surface area contributed by atoms with Crippen molar-refractivity contribution < 1.29 is 31.5 Å². The van der Waals surface area contributed by atoms with Gasteiger partial charge in [-0.05, 0) is 60.9 Å².